The average Bonchev–Trinajstić information content (AvgIpc) is 3.13. The van der Waals surface area contributed by atoms with Crippen molar-refractivity contribution in [1.82, 2.24) is 10.2 Å². The number of nitrogens with zero attached hydrogens (tertiary/aromatic N) is 1. The first kappa shape index (κ1) is 14.3. The van der Waals surface area contributed by atoms with E-state index in [9.17, 15) is 0 Å². The first-order valence-corrected chi connectivity index (χ1v) is 8.11. The molecule has 106 valence electrons. The molecule has 1 saturated heterocycles. The van der Waals surface area contributed by atoms with E-state index in [0.717, 1.165) is 30.0 Å². The van der Waals surface area contributed by atoms with Gasteiger partial charge in [0.1, 0.15) is 0 Å². The standard InChI is InChI=1S/C16H32N2/c1-5-6-13(4)18-11-16(14-7-8-14)17-10-15(18)9-12(2)3/h12-17H,5-11H2,1-4H3. The number of nitrogens with one attached hydrogen (secondary N) is 1. The van der Waals surface area contributed by atoms with Gasteiger partial charge in [-0.05, 0) is 44.4 Å². The van der Waals surface area contributed by atoms with Gasteiger partial charge in [0.15, 0.2) is 0 Å². The number of hydrogen-bond acceptors (Lipinski definition) is 2. The molecule has 2 nitrogen and oxygen atoms in total. The van der Waals surface area contributed by atoms with Crippen LogP contribution in [0.1, 0.15) is 59.8 Å². The van der Waals surface area contributed by atoms with Gasteiger partial charge in [-0.2, -0.15) is 0 Å². The van der Waals surface area contributed by atoms with Gasteiger partial charge in [-0.25, -0.2) is 0 Å². The van der Waals surface area contributed by atoms with Crippen molar-refractivity contribution >= 4 is 0 Å². The molecule has 0 radical (unpaired) electrons. The molecule has 0 aromatic rings. The molecule has 3 unspecified atom stereocenters. The number of rotatable bonds is 6. The molecule has 18 heavy (non-hydrogen) atoms. The fraction of sp³-hybridized carbons (Fsp3) is 1.00. The Bertz CT molecular complexity index is 247. The Morgan fingerprint density at radius 2 is 1.94 bits per heavy atom. The summed E-state index contributed by atoms with van der Waals surface area (Å²) < 4.78 is 0. The van der Waals surface area contributed by atoms with Gasteiger partial charge in [0.25, 0.3) is 0 Å². The molecule has 0 aromatic heterocycles. The maximum Gasteiger partial charge on any atom is 0.0226 e. The summed E-state index contributed by atoms with van der Waals surface area (Å²) in [5, 5.41) is 3.82. The van der Waals surface area contributed by atoms with Crippen LogP contribution in [0.4, 0.5) is 0 Å². The lowest BCUT2D eigenvalue weighted by molar-refractivity contribution is 0.0669. The summed E-state index contributed by atoms with van der Waals surface area (Å²) in [4.78, 5) is 2.82. The molecule has 2 heteroatoms. The van der Waals surface area contributed by atoms with Gasteiger partial charge in [-0.15, -0.1) is 0 Å². The van der Waals surface area contributed by atoms with Crippen LogP contribution in [0.15, 0.2) is 0 Å². The van der Waals surface area contributed by atoms with Gasteiger partial charge < -0.3 is 5.32 Å². The third-order valence-electron chi connectivity index (χ3n) is 4.70. The summed E-state index contributed by atoms with van der Waals surface area (Å²) in [6, 6.07) is 2.32. The van der Waals surface area contributed by atoms with Crippen molar-refractivity contribution in [2.45, 2.75) is 77.9 Å². The summed E-state index contributed by atoms with van der Waals surface area (Å²) in [6.07, 6.45) is 6.93. The average molecular weight is 252 g/mol. The van der Waals surface area contributed by atoms with E-state index in [1.54, 1.807) is 0 Å². The first-order valence-electron chi connectivity index (χ1n) is 8.11. The van der Waals surface area contributed by atoms with Crippen LogP contribution in [-0.2, 0) is 0 Å². The minimum atomic E-state index is 0.765. The van der Waals surface area contributed by atoms with E-state index in [2.05, 4.69) is 37.9 Å². The second-order valence-corrected chi connectivity index (χ2v) is 6.97. The normalized spacial score (nSPS) is 31.8. The molecular weight excluding hydrogens is 220 g/mol. The minimum absolute atomic E-state index is 0.765. The van der Waals surface area contributed by atoms with E-state index < -0.39 is 0 Å². The molecule has 0 spiro atoms. The molecule has 2 fully saturated rings. The van der Waals surface area contributed by atoms with Gasteiger partial charge in [0, 0.05) is 31.2 Å². The highest BCUT2D eigenvalue weighted by atomic mass is 15.3. The third kappa shape index (κ3) is 3.71. The van der Waals surface area contributed by atoms with E-state index in [1.165, 1.54) is 45.2 Å². The molecule has 2 aliphatic rings. The third-order valence-corrected chi connectivity index (χ3v) is 4.70. The second kappa shape index (κ2) is 6.38. The molecule has 0 aromatic carbocycles. The van der Waals surface area contributed by atoms with E-state index in [-0.39, 0.29) is 0 Å². The SMILES string of the molecule is CCCC(C)N1CC(C2CC2)NCC1CC(C)C. The molecule has 1 N–H and O–H groups in total. The molecule has 3 atom stereocenters. The van der Waals surface area contributed by atoms with E-state index >= 15 is 0 Å². The maximum absolute atomic E-state index is 3.82. The Kier molecular flexibility index (Phi) is 5.08. The second-order valence-electron chi connectivity index (χ2n) is 6.97. The Morgan fingerprint density at radius 3 is 2.50 bits per heavy atom. The monoisotopic (exact) mass is 252 g/mol. The lowest BCUT2D eigenvalue weighted by atomic mass is 9.95. The van der Waals surface area contributed by atoms with Crippen molar-refractivity contribution in [3.8, 4) is 0 Å². The van der Waals surface area contributed by atoms with Gasteiger partial charge in [0.2, 0.25) is 0 Å². The van der Waals surface area contributed by atoms with Crippen molar-refractivity contribution in [1.29, 1.82) is 0 Å². The van der Waals surface area contributed by atoms with E-state index in [1.807, 2.05) is 0 Å². The van der Waals surface area contributed by atoms with E-state index in [0.29, 0.717) is 0 Å². The highest BCUT2D eigenvalue weighted by molar-refractivity contribution is 4.95. The van der Waals surface area contributed by atoms with Crippen LogP contribution >= 0.6 is 0 Å². The van der Waals surface area contributed by atoms with Crippen LogP contribution in [0.25, 0.3) is 0 Å². The smallest absolute Gasteiger partial charge is 0.0226 e. The summed E-state index contributed by atoms with van der Waals surface area (Å²) >= 11 is 0. The Morgan fingerprint density at radius 1 is 1.22 bits per heavy atom. The zero-order chi connectivity index (χ0) is 13.1. The quantitative estimate of drug-likeness (QED) is 0.780. The molecule has 0 bridgehead atoms. The lowest BCUT2D eigenvalue weighted by Gasteiger charge is -2.44. The lowest BCUT2D eigenvalue weighted by Crippen LogP contribution is -2.59. The molecule has 1 heterocycles. The van der Waals surface area contributed by atoms with E-state index in [4.69, 9.17) is 0 Å². The highest BCUT2D eigenvalue weighted by Crippen LogP contribution is 2.35. The van der Waals surface area contributed by atoms with Gasteiger partial charge in [-0.1, -0.05) is 27.2 Å². The molecule has 1 aliphatic heterocycles. The Labute approximate surface area is 114 Å². The van der Waals surface area contributed by atoms with Crippen molar-refractivity contribution in [3.05, 3.63) is 0 Å². The predicted octanol–water partition coefficient (Wildman–Crippen LogP) is 3.27. The van der Waals surface area contributed by atoms with Crippen LogP contribution in [0.2, 0.25) is 0 Å². The summed E-state index contributed by atoms with van der Waals surface area (Å²) in [7, 11) is 0. The van der Waals surface area contributed by atoms with Crippen molar-refractivity contribution in [2.24, 2.45) is 11.8 Å². The maximum atomic E-state index is 3.82. The number of hydrogen-bond donors (Lipinski definition) is 1. The van der Waals surface area contributed by atoms with Crippen LogP contribution in [0.3, 0.4) is 0 Å². The summed E-state index contributed by atoms with van der Waals surface area (Å²) in [5.74, 6) is 1.80. The molecule has 0 amide bonds. The van der Waals surface area contributed by atoms with Gasteiger partial charge in [0.05, 0.1) is 0 Å². The molecule has 1 saturated carbocycles. The Balaban J connectivity index is 1.95. The Hall–Kier alpha value is -0.0800. The zero-order valence-corrected chi connectivity index (χ0v) is 12.8. The zero-order valence-electron chi connectivity index (χ0n) is 12.8. The van der Waals surface area contributed by atoms with Gasteiger partial charge >= 0.3 is 0 Å². The molecule has 1 aliphatic carbocycles. The van der Waals surface area contributed by atoms with Crippen LogP contribution in [0, 0.1) is 11.8 Å². The van der Waals surface area contributed by atoms with Crippen LogP contribution in [-0.4, -0.2) is 36.1 Å². The first-order chi connectivity index (χ1) is 8.61. The van der Waals surface area contributed by atoms with Gasteiger partial charge in [-0.3, -0.25) is 4.90 Å². The van der Waals surface area contributed by atoms with Crippen LogP contribution < -0.4 is 5.32 Å². The summed E-state index contributed by atoms with van der Waals surface area (Å²) in [6.45, 7) is 12.0. The van der Waals surface area contributed by atoms with Crippen LogP contribution in [0.5, 0.6) is 0 Å². The topological polar surface area (TPSA) is 15.3 Å². The fourth-order valence-corrected chi connectivity index (χ4v) is 3.55. The van der Waals surface area contributed by atoms with Crippen molar-refractivity contribution in [2.75, 3.05) is 13.1 Å². The van der Waals surface area contributed by atoms with Crippen molar-refractivity contribution in [3.63, 3.8) is 0 Å². The minimum Gasteiger partial charge on any atom is -0.311 e. The molecule has 2 rings (SSSR count). The van der Waals surface area contributed by atoms with Crippen molar-refractivity contribution < 1.29 is 0 Å². The summed E-state index contributed by atoms with van der Waals surface area (Å²) in [5.41, 5.74) is 0. The molecular formula is C16H32N2. The highest BCUT2D eigenvalue weighted by Gasteiger charge is 2.38. The fourth-order valence-electron chi connectivity index (χ4n) is 3.55. The largest absolute Gasteiger partial charge is 0.311 e. The predicted molar refractivity (Wildman–Crippen MR) is 78.8 cm³/mol. The number of piperazine rings is 1.